The Morgan fingerprint density at radius 2 is 2.00 bits per heavy atom. The minimum atomic E-state index is 0.190. The molecule has 2 aromatic heterocycles. The molecule has 0 atom stereocenters. The standard InChI is InChI=1S/C17H16ClN3OS/c1-12(2)20-17-21(15(11-23-17)16-4-3-9-22-16)19-10-13-5-7-14(18)8-6-13/h3-12H,1-2H3. The van der Waals surface area contributed by atoms with E-state index >= 15 is 0 Å². The van der Waals surface area contributed by atoms with Gasteiger partial charge < -0.3 is 4.42 Å². The van der Waals surface area contributed by atoms with Crippen LogP contribution in [0.4, 0.5) is 0 Å². The Morgan fingerprint density at radius 3 is 2.65 bits per heavy atom. The van der Waals surface area contributed by atoms with Crippen molar-refractivity contribution in [2.45, 2.75) is 19.9 Å². The summed E-state index contributed by atoms with van der Waals surface area (Å²) in [7, 11) is 0. The van der Waals surface area contributed by atoms with Crippen LogP contribution >= 0.6 is 22.9 Å². The molecule has 23 heavy (non-hydrogen) atoms. The normalized spacial score (nSPS) is 12.6. The highest BCUT2D eigenvalue weighted by Crippen LogP contribution is 2.20. The molecular weight excluding hydrogens is 330 g/mol. The molecule has 0 saturated carbocycles. The van der Waals surface area contributed by atoms with Crippen molar-refractivity contribution in [1.82, 2.24) is 4.68 Å². The maximum absolute atomic E-state index is 5.91. The molecule has 0 aliphatic carbocycles. The van der Waals surface area contributed by atoms with Crippen molar-refractivity contribution in [3.8, 4) is 11.5 Å². The molecule has 0 aliphatic rings. The fourth-order valence-corrected chi connectivity index (χ4v) is 3.07. The Bertz CT molecular complexity index is 858. The van der Waals surface area contributed by atoms with E-state index in [-0.39, 0.29) is 6.04 Å². The van der Waals surface area contributed by atoms with Crippen molar-refractivity contribution in [3.63, 3.8) is 0 Å². The number of aromatic nitrogens is 1. The van der Waals surface area contributed by atoms with E-state index in [9.17, 15) is 0 Å². The molecule has 118 valence electrons. The summed E-state index contributed by atoms with van der Waals surface area (Å²) in [5.74, 6) is 0.764. The first-order valence-electron chi connectivity index (χ1n) is 7.21. The van der Waals surface area contributed by atoms with Gasteiger partial charge in [-0.3, -0.25) is 4.99 Å². The van der Waals surface area contributed by atoms with Crippen molar-refractivity contribution in [3.05, 3.63) is 63.4 Å². The van der Waals surface area contributed by atoms with Crippen LogP contribution < -0.4 is 4.80 Å². The third kappa shape index (κ3) is 3.81. The summed E-state index contributed by atoms with van der Waals surface area (Å²) < 4.78 is 7.30. The van der Waals surface area contributed by atoms with Crippen LogP contribution in [0, 0.1) is 0 Å². The van der Waals surface area contributed by atoms with E-state index in [4.69, 9.17) is 16.0 Å². The van der Waals surface area contributed by atoms with E-state index in [1.165, 1.54) is 0 Å². The van der Waals surface area contributed by atoms with Crippen molar-refractivity contribution < 1.29 is 4.42 Å². The van der Waals surface area contributed by atoms with E-state index in [0.29, 0.717) is 5.02 Å². The van der Waals surface area contributed by atoms with Gasteiger partial charge in [0.15, 0.2) is 5.76 Å². The SMILES string of the molecule is CC(C)N=c1scc(-c2ccco2)n1N=Cc1ccc(Cl)cc1. The second kappa shape index (κ2) is 6.98. The first-order chi connectivity index (χ1) is 11.1. The zero-order valence-corrected chi connectivity index (χ0v) is 14.4. The van der Waals surface area contributed by atoms with Crippen LogP contribution in [0.25, 0.3) is 11.5 Å². The van der Waals surface area contributed by atoms with Crippen LogP contribution in [0.15, 0.2) is 62.6 Å². The number of benzene rings is 1. The zero-order chi connectivity index (χ0) is 16.2. The van der Waals surface area contributed by atoms with Crippen LogP contribution in [0.5, 0.6) is 0 Å². The van der Waals surface area contributed by atoms with Crippen LogP contribution in [0.2, 0.25) is 5.02 Å². The van der Waals surface area contributed by atoms with Gasteiger partial charge in [-0.05, 0) is 43.7 Å². The van der Waals surface area contributed by atoms with E-state index in [0.717, 1.165) is 21.8 Å². The minimum Gasteiger partial charge on any atom is -0.463 e. The number of furan rings is 1. The first-order valence-corrected chi connectivity index (χ1v) is 8.47. The van der Waals surface area contributed by atoms with E-state index < -0.39 is 0 Å². The van der Waals surface area contributed by atoms with Gasteiger partial charge in [-0.15, -0.1) is 11.3 Å². The van der Waals surface area contributed by atoms with Gasteiger partial charge in [0.2, 0.25) is 4.80 Å². The van der Waals surface area contributed by atoms with Gasteiger partial charge in [0.25, 0.3) is 0 Å². The lowest BCUT2D eigenvalue weighted by Crippen LogP contribution is -2.14. The molecule has 0 radical (unpaired) electrons. The Hall–Kier alpha value is -2.11. The lowest BCUT2D eigenvalue weighted by molar-refractivity contribution is 0.575. The lowest BCUT2D eigenvalue weighted by Gasteiger charge is -2.01. The van der Waals surface area contributed by atoms with Crippen molar-refractivity contribution in [2.24, 2.45) is 10.1 Å². The van der Waals surface area contributed by atoms with E-state index in [2.05, 4.69) is 10.1 Å². The number of rotatable bonds is 4. The molecule has 2 heterocycles. The number of halogens is 1. The van der Waals surface area contributed by atoms with E-state index in [1.807, 2.05) is 55.6 Å². The van der Waals surface area contributed by atoms with Gasteiger partial charge in [0.1, 0.15) is 5.69 Å². The largest absolute Gasteiger partial charge is 0.463 e. The number of thiazole rings is 1. The quantitative estimate of drug-likeness (QED) is 0.634. The highest BCUT2D eigenvalue weighted by atomic mass is 35.5. The molecule has 4 nitrogen and oxygen atoms in total. The Kier molecular flexibility index (Phi) is 4.79. The van der Waals surface area contributed by atoms with Crippen LogP contribution in [0.1, 0.15) is 19.4 Å². The van der Waals surface area contributed by atoms with Crippen LogP contribution in [-0.4, -0.2) is 16.9 Å². The molecule has 0 amide bonds. The highest BCUT2D eigenvalue weighted by molar-refractivity contribution is 7.07. The van der Waals surface area contributed by atoms with Crippen molar-refractivity contribution in [2.75, 3.05) is 0 Å². The summed E-state index contributed by atoms with van der Waals surface area (Å²) in [4.78, 5) is 5.45. The summed E-state index contributed by atoms with van der Waals surface area (Å²) in [5, 5.41) is 7.29. The predicted octanol–water partition coefficient (Wildman–Crippen LogP) is 4.65. The maximum atomic E-state index is 5.91. The van der Waals surface area contributed by atoms with Gasteiger partial charge in [-0.25, -0.2) is 4.68 Å². The monoisotopic (exact) mass is 345 g/mol. The van der Waals surface area contributed by atoms with Crippen molar-refractivity contribution >= 4 is 29.2 Å². The maximum Gasteiger partial charge on any atom is 0.206 e. The molecule has 6 heteroatoms. The van der Waals surface area contributed by atoms with E-state index in [1.54, 1.807) is 28.5 Å². The Morgan fingerprint density at radius 1 is 1.22 bits per heavy atom. The second-order valence-electron chi connectivity index (χ2n) is 5.21. The molecule has 0 N–H and O–H groups in total. The Labute approximate surface area is 143 Å². The van der Waals surface area contributed by atoms with Gasteiger partial charge in [0, 0.05) is 16.4 Å². The molecule has 0 aliphatic heterocycles. The van der Waals surface area contributed by atoms with Crippen LogP contribution in [-0.2, 0) is 0 Å². The van der Waals surface area contributed by atoms with Gasteiger partial charge >= 0.3 is 0 Å². The zero-order valence-electron chi connectivity index (χ0n) is 12.8. The molecule has 1 aromatic carbocycles. The van der Waals surface area contributed by atoms with Gasteiger partial charge in [-0.2, -0.15) is 5.10 Å². The molecule has 0 saturated heterocycles. The van der Waals surface area contributed by atoms with Gasteiger partial charge in [0.05, 0.1) is 12.5 Å². The molecule has 0 spiro atoms. The average Bonchev–Trinajstić information content (AvgIpc) is 3.16. The summed E-state index contributed by atoms with van der Waals surface area (Å²) in [5.41, 5.74) is 1.85. The average molecular weight is 346 g/mol. The molecule has 3 aromatic rings. The van der Waals surface area contributed by atoms with Crippen LogP contribution in [0.3, 0.4) is 0 Å². The fraction of sp³-hybridized carbons (Fsp3) is 0.176. The summed E-state index contributed by atoms with van der Waals surface area (Å²) >= 11 is 7.45. The number of hydrogen-bond acceptors (Lipinski definition) is 4. The smallest absolute Gasteiger partial charge is 0.206 e. The molecule has 3 rings (SSSR count). The fourth-order valence-electron chi connectivity index (χ4n) is 1.99. The lowest BCUT2D eigenvalue weighted by atomic mass is 10.2. The predicted molar refractivity (Wildman–Crippen MR) is 95.2 cm³/mol. The first kappa shape index (κ1) is 15.8. The second-order valence-corrected chi connectivity index (χ2v) is 6.48. The molecular formula is C17H16ClN3OS. The Balaban J connectivity index is 2.05. The van der Waals surface area contributed by atoms with Crippen molar-refractivity contribution in [1.29, 1.82) is 0 Å². The topological polar surface area (TPSA) is 42.8 Å². The summed E-state index contributed by atoms with van der Waals surface area (Å²) in [6, 6.07) is 11.5. The van der Waals surface area contributed by atoms with Gasteiger partial charge in [-0.1, -0.05) is 23.7 Å². The highest BCUT2D eigenvalue weighted by Gasteiger charge is 2.09. The third-order valence-electron chi connectivity index (χ3n) is 3.02. The molecule has 0 unspecified atom stereocenters. The molecule has 0 bridgehead atoms. The summed E-state index contributed by atoms with van der Waals surface area (Å²) in [6.45, 7) is 4.08. The summed E-state index contributed by atoms with van der Waals surface area (Å²) in [6.07, 6.45) is 3.44. The number of hydrogen-bond donors (Lipinski definition) is 0. The minimum absolute atomic E-state index is 0.190. The third-order valence-corrected chi connectivity index (χ3v) is 4.10. The molecule has 0 fully saturated rings. The number of nitrogens with zero attached hydrogens (tertiary/aromatic N) is 3.